The Hall–Kier alpha value is -2.17. The maximum atomic E-state index is 11.5. The van der Waals surface area contributed by atoms with E-state index in [1.165, 1.54) is 12.1 Å². The van der Waals surface area contributed by atoms with Crippen LogP contribution in [0.15, 0.2) is 24.8 Å². The van der Waals surface area contributed by atoms with E-state index in [4.69, 9.17) is 5.11 Å². The normalized spacial score (nSPS) is 9.56. The molecular formula is C11H12N2O3. The van der Waals surface area contributed by atoms with Crippen LogP contribution in [0.4, 0.5) is 0 Å². The van der Waals surface area contributed by atoms with E-state index >= 15 is 0 Å². The molecule has 5 heteroatoms. The van der Waals surface area contributed by atoms with E-state index in [1.807, 2.05) is 0 Å². The smallest absolute Gasteiger partial charge is 0.337 e. The topological polar surface area (TPSA) is 79.3 Å². The number of aryl methyl sites for hydroxylation is 1. The summed E-state index contributed by atoms with van der Waals surface area (Å²) in [6.07, 6.45) is 1.55. The number of amides is 1. The lowest BCUT2D eigenvalue weighted by Gasteiger charge is -2.04. The zero-order chi connectivity index (χ0) is 12.1. The highest BCUT2D eigenvalue weighted by atomic mass is 16.4. The van der Waals surface area contributed by atoms with Crippen LogP contribution in [0.3, 0.4) is 0 Å². The summed E-state index contributed by atoms with van der Waals surface area (Å²) in [5, 5.41) is 11.3. The van der Waals surface area contributed by atoms with Crippen LogP contribution in [0.1, 0.15) is 26.5 Å². The molecule has 0 bridgehead atoms. The van der Waals surface area contributed by atoms with E-state index in [2.05, 4.69) is 16.9 Å². The number of carbonyl (C=O) groups is 2. The van der Waals surface area contributed by atoms with Crippen molar-refractivity contribution < 1.29 is 14.7 Å². The van der Waals surface area contributed by atoms with Gasteiger partial charge >= 0.3 is 5.97 Å². The predicted octanol–water partition coefficient (Wildman–Crippen LogP) is 1.00. The lowest BCUT2D eigenvalue weighted by Crippen LogP contribution is -2.24. The van der Waals surface area contributed by atoms with Gasteiger partial charge in [-0.05, 0) is 19.1 Å². The molecule has 0 unspecified atom stereocenters. The Labute approximate surface area is 92.8 Å². The van der Waals surface area contributed by atoms with Crippen molar-refractivity contribution in [1.29, 1.82) is 0 Å². The standard InChI is InChI=1S/C11H12N2O3/c1-3-6-12-10(14)9-5-4-8(11(15)16)7(2)13-9/h3-5H,1,6H2,2H3,(H,12,14)(H,15,16). The number of aromatic carboxylic acids is 1. The summed E-state index contributed by atoms with van der Waals surface area (Å²) in [6, 6.07) is 2.75. The number of nitrogens with zero attached hydrogens (tertiary/aromatic N) is 1. The Bertz CT molecular complexity index is 441. The molecule has 1 rings (SSSR count). The number of aromatic nitrogens is 1. The van der Waals surface area contributed by atoms with Gasteiger partial charge < -0.3 is 10.4 Å². The van der Waals surface area contributed by atoms with Gasteiger partial charge in [-0.2, -0.15) is 0 Å². The van der Waals surface area contributed by atoms with Crippen molar-refractivity contribution in [3.8, 4) is 0 Å². The second-order valence-corrected chi connectivity index (χ2v) is 3.13. The van der Waals surface area contributed by atoms with Crippen molar-refractivity contribution in [3.63, 3.8) is 0 Å². The second kappa shape index (κ2) is 5.06. The molecule has 0 saturated heterocycles. The highest BCUT2D eigenvalue weighted by Crippen LogP contribution is 2.06. The minimum absolute atomic E-state index is 0.0975. The van der Waals surface area contributed by atoms with Crippen LogP contribution in [0.5, 0.6) is 0 Å². The molecule has 16 heavy (non-hydrogen) atoms. The summed E-state index contributed by atoms with van der Waals surface area (Å²) in [7, 11) is 0. The number of hydrogen-bond acceptors (Lipinski definition) is 3. The van der Waals surface area contributed by atoms with E-state index < -0.39 is 5.97 Å². The van der Waals surface area contributed by atoms with E-state index in [1.54, 1.807) is 13.0 Å². The molecule has 1 aromatic rings. The van der Waals surface area contributed by atoms with E-state index in [0.29, 0.717) is 12.2 Å². The highest BCUT2D eigenvalue weighted by molar-refractivity contribution is 5.94. The minimum Gasteiger partial charge on any atom is -0.478 e. The van der Waals surface area contributed by atoms with Crippen LogP contribution < -0.4 is 5.32 Å². The summed E-state index contributed by atoms with van der Waals surface area (Å²) in [5.41, 5.74) is 0.614. The van der Waals surface area contributed by atoms with Crippen molar-refractivity contribution >= 4 is 11.9 Å². The average molecular weight is 220 g/mol. The van der Waals surface area contributed by atoms with Gasteiger partial charge in [0.1, 0.15) is 5.69 Å². The molecule has 0 fully saturated rings. The van der Waals surface area contributed by atoms with Crippen LogP contribution in [0.2, 0.25) is 0 Å². The average Bonchev–Trinajstić information content (AvgIpc) is 2.25. The largest absolute Gasteiger partial charge is 0.478 e. The molecular weight excluding hydrogens is 208 g/mol. The molecule has 1 amide bonds. The van der Waals surface area contributed by atoms with Crippen molar-refractivity contribution in [2.45, 2.75) is 6.92 Å². The van der Waals surface area contributed by atoms with Crippen LogP contribution in [0, 0.1) is 6.92 Å². The van der Waals surface area contributed by atoms with Gasteiger partial charge in [-0.25, -0.2) is 9.78 Å². The molecule has 5 nitrogen and oxygen atoms in total. The van der Waals surface area contributed by atoms with Crippen molar-refractivity contribution in [3.05, 3.63) is 41.7 Å². The molecule has 0 saturated carbocycles. The lowest BCUT2D eigenvalue weighted by molar-refractivity contribution is 0.0694. The zero-order valence-electron chi connectivity index (χ0n) is 8.86. The monoisotopic (exact) mass is 220 g/mol. The SMILES string of the molecule is C=CCNC(=O)c1ccc(C(=O)O)c(C)n1. The van der Waals surface area contributed by atoms with Gasteiger partial charge in [0.2, 0.25) is 0 Å². The summed E-state index contributed by atoms with van der Waals surface area (Å²) >= 11 is 0. The minimum atomic E-state index is -1.05. The van der Waals surface area contributed by atoms with Gasteiger partial charge in [-0.15, -0.1) is 6.58 Å². The fourth-order valence-electron chi connectivity index (χ4n) is 1.17. The zero-order valence-corrected chi connectivity index (χ0v) is 8.86. The quantitative estimate of drug-likeness (QED) is 0.742. The van der Waals surface area contributed by atoms with E-state index in [0.717, 1.165) is 0 Å². The first-order valence-corrected chi connectivity index (χ1v) is 4.66. The predicted molar refractivity (Wildman–Crippen MR) is 58.5 cm³/mol. The Morgan fingerprint density at radius 3 is 2.75 bits per heavy atom. The highest BCUT2D eigenvalue weighted by Gasteiger charge is 2.12. The Kier molecular flexibility index (Phi) is 3.77. The van der Waals surface area contributed by atoms with Crippen LogP contribution >= 0.6 is 0 Å². The van der Waals surface area contributed by atoms with Crippen molar-refractivity contribution in [1.82, 2.24) is 10.3 Å². The summed E-state index contributed by atoms with van der Waals surface area (Å²) in [4.78, 5) is 26.1. The van der Waals surface area contributed by atoms with E-state index in [9.17, 15) is 9.59 Å². The number of nitrogens with one attached hydrogen (secondary N) is 1. The third kappa shape index (κ3) is 2.66. The Balaban J connectivity index is 2.92. The summed E-state index contributed by atoms with van der Waals surface area (Å²) in [6.45, 7) is 5.37. The van der Waals surface area contributed by atoms with Crippen LogP contribution in [0.25, 0.3) is 0 Å². The number of rotatable bonds is 4. The number of carbonyl (C=O) groups excluding carboxylic acids is 1. The fraction of sp³-hybridized carbons (Fsp3) is 0.182. The molecule has 84 valence electrons. The van der Waals surface area contributed by atoms with Gasteiger partial charge in [0, 0.05) is 6.54 Å². The van der Waals surface area contributed by atoms with Crippen molar-refractivity contribution in [2.75, 3.05) is 6.54 Å². The molecule has 2 N–H and O–H groups in total. The third-order valence-electron chi connectivity index (χ3n) is 1.96. The van der Waals surface area contributed by atoms with Gasteiger partial charge in [0.05, 0.1) is 11.3 Å². The summed E-state index contributed by atoms with van der Waals surface area (Å²) in [5.74, 6) is -1.40. The third-order valence-corrected chi connectivity index (χ3v) is 1.96. The molecule has 0 radical (unpaired) electrons. The Morgan fingerprint density at radius 2 is 2.25 bits per heavy atom. The molecule has 1 heterocycles. The fourth-order valence-corrected chi connectivity index (χ4v) is 1.17. The number of pyridine rings is 1. The van der Waals surface area contributed by atoms with Crippen LogP contribution in [-0.4, -0.2) is 28.5 Å². The lowest BCUT2D eigenvalue weighted by atomic mass is 10.2. The molecule has 0 aliphatic rings. The van der Waals surface area contributed by atoms with Gasteiger partial charge in [-0.1, -0.05) is 6.08 Å². The number of carboxylic acids is 1. The van der Waals surface area contributed by atoms with Gasteiger partial charge in [0.15, 0.2) is 0 Å². The first-order chi connectivity index (χ1) is 7.56. The molecule has 0 aromatic carbocycles. The van der Waals surface area contributed by atoms with Crippen molar-refractivity contribution in [2.24, 2.45) is 0 Å². The van der Waals surface area contributed by atoms with Gasteiger partial charge in [0.25, 0.3) is 5.91 Å². The molecule has 0 atom stereocenters. The maximum Gasteiger partial charge on any atom is 0.337 e. The first kappa shape index (κ1) is 11.9. The molecule has 0 spiro atoms. The summed E-state index contributed by atoms with van der Waals surface area (Å²) < 4.78 is 0. The van der Waals surface area contributed by atoms with Crippen LogP contribution in [-0.2, 0) is 0 Å². The van der Waals surface area contributed by atoms with Gasteiger partial charge in [-0.3, -0.25) is 4.79 Å². The molecule has 0 aliphatic heterocycles. The van der Waals surface area contributed by atoms with E-state index in [-0.39, 0.29) is 17.2 Å². The molecule has 1 aromatic heterocycles. The number of hydrogen-bond donors (Lipinski definition) is 2. The Morgan fingerprint density at radius 1 is 1.56 bits per heavy atom. The second-order valence-electron chi connectivity index (χ2n) is 3.13. The maximum absolute atomic E-state index is 11.5. The first-order valence-electron chi connectivity index (χ1n) is 4.66. The number of carboxylic acid groups (broad SMARTS) is 1. The molecule has 0 aliphatic carbocycles.